The Bertz CT molecular complexity index is 2040. The molecule has 0 aromatic carbocycles. The Balaban J connectivity index is 0.00000180. The van der Waals surface area contributed by atoms with Gasteiger partial charge in [0.25, 0.3) is 0 Å². The third kappa shape index (κ3) is 70.6. The zero-order valence-electron chi connectivity index (χ0n) is 86.7. The lowest BCUT2D eigenvalue weighted by molar-refractivity contribution is 0.0581. The second kappa shape index (κ2) is 98.7. The van der Waals surface area contributed by atoms with E-state index < -0.39 is 0 Å². The first-order chi connectivity index (χ1) is 60.8. The van der Waals surface area contributed by atoms with Crippen LogP contribution in [0.25, 0.3) is 0 Å². The van der Waals surface area contributed by atoms with E-state index in [1.807, 2.05) is 19.4 Å². The predicted octanol–water partition coefficient (Wildman–Crippen LogP) is 37.3. The average molecular weight is 1730 g/mol. The molecule has 0 heterocycles. The summed E-state index contributed by atoms with van der Waals surface area (Å²) in [5, 5.41) is 0. The van der Waals surface area contributed by atoms with Crippen LogP contribution in [-0.2, 0) is 0 Å². The third-order valence-electron chi connectivity index (χ3n) is 30.8. The molecule has 0 spiro atoms. The van der Waals surface area contributed by atoms with Crippen LogP contribution in [0.1, 0.15) is 615 Å². The number of unbranched alkanes of at least 4 members (excludes halogenated alkanes) is 58. The largest absolute Gasteiger partial charge is 0.330 e. The molecule has 3 aliphatic carbocycles. The SMILES string of the molecule is CC.CCCCCC1=CC(CCCCCCCCN)C(CCCCCCCCN)C2C=CC(CCCCC)C(CCCCC)C12.CCCCCCCC1C(CCCCC)CCC(CCCCCCCCCCN)C1CCCCCCCCCN.CCCCCCCCCC(CCCCCCCCCN)C(CCCCCCCC)CCCCCCCCCN. The number of fused-ring (bicyclic) bond motifs is 1. The number of hydrogen-bond donors (Lipinski definition) is 6. The van der Waals surface area contributed by atoms with Crippen molar-refractivity contribution in [2.45, 2.75) is 615 Å². The van der Waals surface area contributed by atoms with Gasteiger partial charge in [-0.3, -0.25) is 0 Å². The highest BCUT2D eigenvalue weighted by molar-refractivity contribution is 5.25. The molecule has 3 rings (SSSR count). The minimum absolute atomic E-state index is 0.794. The zero-order valence-corrected chi connectivity index (χ0v) is 86.7. The Kier molecular flexibility index (Phi) is 98.1. The van der Waals surface area contributed by atoms with Crippen LogP contribution in [0.5, 0.6) is 0 Å². The normalized spacial score (nSPS) is 19.9. The Morgan fingerprint density at radius 2 is 0.439 bits per heavy atom. The van der Waals surface area contributed by atoms with Gasteiger partial charge in [-0.15, -0.1) is 0 Å². The van der Waals surface area contributed by atoms with E-state index in [1.165, 1.54) is 527 Å². The maximum absolute atomic E-state index is 5.75. The minimum Gasteiger partial charge on any atom is -0.330 e. The Labute approximate surface area is 778 Å². The van der Waals surface area contributed by atoms with Crippen molar-refractivity contribution in [3.63, 3.8) is 0 Å². The van der Waals surface area contributed by atoms with E-state index >= 15 is 0 Å². The summed E-state index contributed by atoms with van der Waals surface area (Å²) < 4.78 is 0. The monoisotopic (exact) mass is 1730 g/mol. The van der Waals surface area contributed by atoms with E-state index in [0.29, 0.717) is 0 Å². The molecular formula is C117H238N6. The highest BCUT2D eigenvalue weighted by Crippen LogP contribution is 2.54. The first-order valence-electron chi connectivity index (χ1n) is 58.4. The molecule has 6 heteroatoms. The summed E-state index contributed by atoms with van der Waals surface area (Å²) in [4.78, 5) is 0. The number of nitrogens with two attached hydrogens (primary N) is 6. The van der Waals surface area contributed by atoms with Crippen LogP contribution < -0.4 is 34.4 Å². The summed E-state index contributed by atoms with van der Waals surface area (Å²) in [6.07, 6.45) is 131. The second-order valence-corrected chi connectivity index (χ2v) is 41.4. The lowest BCUT2D eigenvalue weighted by atomic mass is 9.55. The van der Waals surface area contributed by atoms with Crippen molar-refractivity contribution in [2.75, 3.05) is 39.3 Å². The molecule has 3 aliphatic rings. The first kappa shape index (κ1) is 122. The van der Waals surface area contributed by atoms with Crippen LogP contribution in [-0.4, -0.2) is 39.3 Å². The highest BCUT2D eigenvalue weighted by atomic mass is 14.5. The molecule has 0 radical (unpaired) electrons. The van der Waals surface area contributed by atoms with Gasteiger partial charge in [0.2, 0.25) is 0 Å². The summed E-state index contributed by atoms with van der Waals surface area (Å²) in [6, 6.07) is 0. The fourth-order valence-electron chi connectivity index (χ4n) is 23.3. The molecule has 0 aliphatic heterocycles. The van der Waals surface area contributed by atoms with Crippen molar-refractivity contribution in [2.24, 2.45) is 105 Å². The molecule has 0 saturated heterocycles. The minimum atomic E-state index is 0.794. The van der Waals surface area contributed by atoms with Crippen molar-refractivity contribution in [1.29, 1.82) is 0 Å². The van der Waals surface area contributed by atoms with Gasteiger partial charge in [0.15, 0.2) is 0 Å². The molecule has 12 unspecified atom stereocenters. The van der Waals surface area contributed by atoms with Gasteiger partial charge in [-0.1, -0.05) is 536 Å². The van der Waals surface area contributed by atoms with Crippen LogP contribution in [0.4, 0.5) is 0 Å². The van der Waals surface area contributed by atoms with Crippen LogP contribution in [0, 0.1) is 71.0 Å². The zero-order chi connectivity index (χ0) is 89.7. The topological polar surface area (TPSA) is 156 Å². The van der Waals surface area contributed by atoms with E-state index in [9.17, 15) is 0 Å². The van der Waals surface area contributed by atoms with Gasteiger partial charge in [-0.2, -0.15) is 0 Å². The summed E-state index contributed by atoms with van der Waals surface area (Å²) in [6.45, 7) is 25.7. The number of rotatable bonds is 91. The van der Waals surface area contributed by atoms with E-state index in [1.54, 1.807) is 25.7 Å². The van der Waals surface area contributed by atoms with Crippen molar-refractivity contribution in [1.82, 2.24) is 0 Å². The van der Waals surface area contributed by atoms with E-state index in [4.69, 9.17) is 34.4 Å². The highest BCUT2D eigenvalue weighted by Gasteiger charge is 2.45. The Hall–Kier alpha value is -0.760. The molecule has 0 amide bonds. The second-order valence-electron chi connectivity index (χ2n) is 41.4. The Morgan fingerprint density at radius 1 is 0.220 bits per heavy atom. The average Bonchev–Trinajstić information content (AvgIpc) is 0.757. The lowest BCUT2D eigenvalue weighted by Gasteiger charge is -2.49. The smallest absolute Gasteiger partial charge is 0.00773 e. The van der Waals surface area contributed by atoms with E-state index in [0.717, 1.165) is 110 Å². The molecule has 0 bridgehead atoms. The van der Waals surface area contributed by atoms with Gasteiger partial charge in [0, 0.05) is 0 Å². The molecule has 736 valence electrons. The molecule has 123 heavy (non-hydrogen) atoms. The molecule has 1 saturated carbocycles. The molecule has 0 aromatic rings. The summed E-state index contributed by atoms with van der Waals surface area (Å²) in [7, 11) is 0. The van der Waals surface area contributed by atoms with Gasteiger partial charge in [0.1, 0.15) is 0 Å². The number of hydrogen-bond acceptors (Lipinski definition) is 6. The van der Waals surface area contributed by atoms with Gasteiger partial charge < -0.3 is 34.4 Å². The Morgan fingerprint density at radius 3 is 0.756 bits per heavy atom. The van der Waals surface area contributed by atoms with Crippen molar-refractivity contribution in [3.05, 3.63) is 23.8 Å². The van der Waals surface area contributed by atoms with Gasteiger partial charge in [-0.25, -0.2) is 0 Å². The van der Waals surface area contributed by atoms with Crippen LogP contribution >= 0.6 is 0 Å². The van der Waals surface area contributed by atoms with Crippen LogP contribution in [0.15, 0.2) is 23.8 Å². The fourth-order valence-corrected chi connectivity index (χ4v) is 23.3. The van der Waals surface area contributed by atoms with Crippen LogP contribution in [0.2, 0.25) is 0 Å². The van der Waals surface area contributed by atoms with E-state index in [-0.39, 0.29) is 0 Å². The van der Waals surface area contributed by atoms with Gasteiger partial charge >= 0.3 is 0 Å². The molecule has 6 nitrogen and oxygen atoms in total. The van der Waals surface area contributed by atoms with E-state index in [2.05, 4.69) is 66.7 Å². The summed E-state index contributed by atoms with van der Waals surface area (Å²) >= 11 is 0. The molecule has 12 N–H and O–H groups in total. The molecule has 12 atom stereocenters. The quantitative estimate of drug-likeness (QED) is 0.0263. The molecule has 1 fully saturated rings. The fraction of sp³-hybridized carbons (Fsp3) is 0.966. The maximum atomic E-state index is 5.75. The third-order valence-corrected chi connectivity index (χ3v) is 30.8. The van der Waals surface area contributed by atoms with Crippen molar-refractivity contribution < 1.29 is 0 Å². The summed E-state index contributed by atoms with van der Waals surface area (Å²) in [5.41, 5.74) is 36.1. The predicted molar refractivity (Wildman–Crippen MR) is 562 cm³/mol. The standard InChI is InChI=1S/C41H78N2.C37H76N2.C37H78N2.C2H6/c1-4-7-18-25-35-30-31-40-38(28-22-15-11-13-17-24-33-43)36(26-21-14-10-12-16-23-32-42)34-37(27-19-8-5-2)41(40)39(35)29-20-9-6-3;1-3-5-7-15-22-28-36-34(26-20-6-4-2)30-31-35(27-21-16-11-8-9-13-18-24-32-38)37(36)29-23-17-12-10-14-19-25-33-39;1-3-5-7-9-13-19-25-31-37(33-27-21-15-12-17-23-29-35-39)36(30-24-18-10-8-6-4-2)32-26-20-14-11-16-22-28-34-38;1-2/h30-31,34-36,38-41H,4-29,32-33,42-43H2,1-3H3;34-37H,3-33,38-39H2,1-2H3;36-37H,3-35,38-39H2,1-2H3;1-2H3. The summed E-state index contributed by atoms with van der Waals surface area (Å²) in [5.74, 6) is 11.1. The molecule has 0 aromatic heterocycles. The van der Waals surface area contributed by atoms with Crippen LogP contribution in [0.3, 0.4) is 0 Å². The van der Waals surface area contributed by atoms with Crippen molar-refractivity contribution in [3.8, 4) is 0 Å². The maximum Gasteiger partial charge on any atom is -0.00773 e. The first-order valence-corrected chi connectivity index (χ1v) is 58.4. The van der Waals surface area contributed by atoms with Gasteiger partial charge in [-0.05, 0) is 213 Å². The van der Waals surface area contributed by atoms with Gasteiger partial charge in [0.05, 0.1) is 0 Å². The lowest BCUT2D eigenvalue weighted by Crippen LogP contribution is -2.41. The number of allylic oxidation sites excluding steroid dienone is 4. The molecular weight excluding hydrogens is 1490 g/mol. The van der Waals surface area contributed by atoms with Crippen molar-refractivity contribution >= 4 is 0 Å².